The van der Waals surface area contributed by atoms with E-state index in [1.54, 1.807) is 0 Å². The molecule has 0 radical (unpaired) electrons. The Labute approximate surface area is 130 Å². The van der Waals surface area contributed by atoms with Crippen molar-refractivity contribution in [1.82, 2.24) is 10.2 Å². The number of carbonyl (C=O) groups is 1. The van der Waals surface area contributed by atoms with Crippen LogP contribution in [0.2, 0.25) is 5.02 Å². The third-order valence-electron chi connectivity index (χ3n) is 4.11. The first-order valence-electron chi connectivity index (χ1n) is 7.44. The zero-order valence-corrected chi connectivity index (χ0v) is 13.3. The van der Waals surface area contributed by atoms with Crippen LogP contribution in [-0.4, -0.2) is 36.5 Å². The minimum Gasteiger partial charge on any atom is -0.352 e. The van der Waals surface area contributed by atoms with Gasteiger partial charge in [0.1, 0.15) is 5.82 Å². The number of nitrogens with one attached hydrogen (secondary N) is 1. The molecule has 0 spiro atoms. The molecule has 1 heterocycles. The Morgan fingerprint density at radius 2 is 2.10 bits per heavy atom. The smallest absolute Gasteiger partial charge is 0.252 e. The fraction of sp³-hybridized carbons (Fsp3) is 0.562. The number of halogens is 2. The van der Waals surface area contributed by atoms with Gasteiger partial charge in [-0.3, -0.25) is 4.79 Å². The maximum atomic E-state index is 13.0. The highest BCUT2D eigenvalue weighted by Gasteiger charge is 2.21. The second-order valence-electron chi connectivity index (χ2n) is 5.91. The summed E-state index contributed by atoms with van der Waals surface area (Å²) in [6, 6.07) is 4.42. The number of hydrogen-bond donors (Lipinski definition) is 1. The third-order valence-corrected chi connectivity index (χ3v) is 4.42. The number of nitrogens with zero attached hydrogens (tertiary/aromatic N) is 1. The summed E-state index contributed by atoms with van der Waals surface area (Å²) >= 11 is 5.89. The van der Waals surface area contributed by atoms with E-state index >= 15 is 0 Å². The lowest BCUT2D eigenvalue weighted by molar-refractivity contribution is 0.0930. The number of hydrogen-bond acceptors (Lipinski definition) is 2. The lowest BCUT2D eigenvalue weighted by Crippen LogP contribution is -2.41. The number of carbonyl (C=O) groups excluding carboxylic acids is 1. The van der Waals surface area contributed by atoms with Gasteiger partial charge in [0.25, 0.3) is 5.91 Å². The highest BCUT2D eigenvalue weighted by atomic mass is 35.5. The van der Waals surface area contributed by atoms with E-state index in [-0.39, 0.29) is 10.9 Å². The summed E-state index contributed by atoms with van der Waals surface area (Å²) in [5.74, 6) is -0.160. The third kappa shape index (κ3) is 4.42. The maximum absolute atomic E-state index is 13.0. The van der Waals surface area contributed by atoms with Crippen molar-refractivity contribution in [2.75, 3.05) is 19.6 Å². The Morgan fingerprint density at radius 3 is 2.67 bits per heavy atom. The van der Waals surface area contributed by atoms with Gasteiger partial charge in [0.15, 0.2) is 0 Å². The van der Waals surface area contributed by atoms with Crippen molar-refractivity contribution < 1.29 is 9.18 Å². The molecular formula is C16H22ClFN2O. The van der Waals surface area contributed by atoms with Crippen LogP contribution < -0.4 is 5.32 Å². The molecule has 1 saturated heterocycles. The van der Waals surface area contributed by atoms with Crippen LogP contribution in [0.5, 0.6) is 0 Å². The van der Waals surface area contributed by atoms with Gasteiger partial charge >= 0.3 is 0 Å². The summed E-state index contributed by atoms with van der Waals surface area (Å²) in [5.41, 5.74) is 0.331. The summed E-state index contributed by atoms with van der Waals surface area (Å²) in [5, 5.41) is 3.06. The molecule has 0 aliphatic carbocycles. The van der Waals surface area contributed by atoms with Crippen molar-refractivity contribution in [1.29, 1.82) is 0 Å². The van der Waals surface area contributed by atoms with Gasteiger partial charge in [-0.05, 0) is 63.9 Å². The molecule has 1 aliphatic heterocycles. The number of rotatable bonds is 4. The molecule has 1 N–H and O–H groups in total. The Morgan fingerprint density at radius 1 is 1.43 bits per heavy atom. The predicted octanol–water partition coefficient (Wildman–Crippen LogP) is 3.33. The van der Waals surface area contributed by atoms with E-state index in [2.05, 4.69) is 24.1 Å². The normalized spacial score (nSPS) is 17.2. The van der Waals surface area contributed by atoms with E-state index in [0.29, 0.717) is 24.1 Å². The van der Waals surface area contributed by atoms with E-state index < -0.39 is 5.82 Å². The van der Waals surface area contributed by atoms with Gasteiger partial charge in [0.2, 0.25) is 0 Å². The van der Waals surface area contributed by atoms with Gasteiger partial charge in [-0.1, -0.05) is 11.6 Å². The first-order chi connectivity index (χ1) is 9.97. The van der Waals surface area contributed by atoms with Crippen LogP contribution in [-0.2, 0) is 0 Å². The maximum Gasteiger partial charge on any atom is 0.252 e. The monoisotopic (exact) mass is 312 g/mol. The first kappa shape index (κ1) is 16.2. The molecule has 0 aromatic heterocycles. The minimum absolute atomic E-state index is 0.155. The molecule has 1 fully saturated rings. The second kappa shape index (κ2) is 7.23. The van der Waals surface area contributed by atoms with Crippen molar-refractivity contribution in [2.24, 2.45) is 5.92 Å². The average Bonchev–Trinajstić information content (AvgIpc) is 2.45. The summed E-state index contributed by atoms with van der Waals surface area (Å²) in [6.45, 7) is 7.22. The first-order valence-corrected chi connectivity index (χ1v) is 7.82. The Balaban J connectivity index is 1.82. The molecule has 0 saturated carbocycles. The summed E-state index contributed by atoms with van der Waals surface area (Å²) in [7, 11) is 0. The number of likely N-dealkylation sites (tertiary alicyclic amines) is 1. The van der Waals surface area contributed by atoms with E-state index in [1.165, 1.54) is 12.1 Å². The van der Waals surface area contributed by atoms with Crippen LogP contribution in [0.1, 0.15) is 37.0 Å². The van der Waals surface area contributed by atoms with Gasteiger partial charge in [0, 0.05) is 12.6 Å². The highest BCUT2D eigenvalue weighted by molar-refractivity contribution is 6.33. The fourth-order valence-corrected chi connectivity index (χ4v) is 2.93. The molecule has 1 aromatic carbocycles. The SMILES string of the molecule is CC(C)N1CCC(CNC(=O)c2ccc(F)cc2Cl)CC1. The minimum atomic E-state index is -0.433. The number of amides is 1. The molecule has 21 heavy (non-hydrogen) atoms. The zero-order chi connectivity index (χ0) is 15.4. The largest absolute Gasteiger partial charge is 0.352 e. The van der Waals surface area contributed by atoms with Crippen molar-refractivity contribution >= 4 is 17.5 Å². The summed E-state index contributed by atoms with van der Waals surface area (Å²) in [4.78, 5) is 14.5. The average molecular weight is 313 g/mol. The molecule has 116 valence electrons. The molecule has 3 nitrogen and oxygen atoms in total. The zero-order valence-electron chi connectivity index (χ0n) is 12.5. The van der Waals surface area contributed by atoms with Crippen molar-refractivity contribution in [3.05, 3.63) is 34.6 Å². The lowest BCUT2D eigenvalue weighted by Gasteiger charge is -2.34. The molecule has 0 unspecified atom stereocenters. The Kier molecular flexibility index (Phi) is 5.59. The molecule has 0 bridgehead atoms. The molecule has 1 aliphatic rings. The van der Waals surface area contributed by atoms with Crippen molar-refractivity contribution in [3.63, 3.8) is 0 Å². The van der Waals surface area contributed by atoms with Gasteiger partial charge in [-0.25, -0.2) is 4.39 Å². The van der Waals surface area contributed by atoms with E-state index in [4.69, 9.17) is 11.6 Å². The molecule has 5 heteroatoms. The van der Waals surface area contributed by atoms with Crippen LogP contribution in [0.4, 0.5) is 4.39 Å². The molecule has 0 atom stereocenters. The number of benzene rings is 1. The van der Waals surface area contributed by atoms with E-state index in [0.717, 1.165) is 32.0 Å². The van der Waals surface area contributed by atoms with Crippen molar-refractivity contribution in [3.8, 4) is 0 Å². The van der Waals surface area contributed by atoms with Gasteiger partial charge in [-0.15, -0.1) is 0 Å². The Bertz CT molecular complexity index is 499. The lowest BCUT2D eigenvalue weighted by atomic mass is 9.96. The van der Waals surface area contributed by atoms with Crippen LogP contribution >= 0.6 is 11.6 Å². The number of piperidine rings is 1. The molecular weight excluding hydrogens is 291 g/mol. The van der Waals surface area contributed by atoms with Crippen LogP contribution in [0.25, 0.3) is 0 Å². The van der Waals surface area contributed by atoms with Crippen LogP contribution in [0.3, 0.4) is 0 Å². The summed E-state index contributed by atoms with van der Waals surface area (Å²) < 4.78 is 13.0. The highest BCUT2D eigenvalue weighted by Crippen LogP contribution is 2.20. The van der Waals surface area contributed by atoms with Crippen molar-refractivity contribution in [2.45, 2.75) is 32.7 Å². The molecule has 2 rings (SSSR count). The summed E-state index contributed by atoms with van der Waals surface area (Å²) in [6.07, 6.45) is 2.19. The van der Waals surface area contributed by atoms with E-state index in [1.807, 2.05) is 0 Å². The van der Waals surface area contributed by atoms with Gasteiger partial charge in [0.05, 0.1) is 10.6 Å². The standard InChI is InChI=1S/C16H22ClFN2O/c1-11(2)20-7-5-12(6-8-20)10-19-16(21)14-4-3-13(18)9-15(14)17/h3-4,9,11-12H,5-8,10H2,1-2H3,(H,19,21). The predicted molar refractivity (Wildman–Crippen MR) is 83.2 cm³/mol. The van der Waals surface area contributed by atoms with Gasteiger partial charge < -0.3 is 10.2 Å². The van der Waals surface area contributed by atoms with Crippen LogP contribution in [0, 0.1) is 11.7 Å². The quantitative estimate of drug-likeness (QED) is 0.925. The van der Waals surface area contributed by atoms with Gasteiger partial charge in [-0.2, -0.15) is 0 Å². The fourth-order valence-electron chi connectivity index (χ4n) is 2.68. The Hall–Kier alpha value is -1.13. The second-order valence-corrected chi connectivity index (χ2v) is 6.31. The molecule has 1 aromatic rings. The topological polar surface area (TPSA) is 32.3 Å². The molecule has 1 amide bonds. The van der Waals surface area contributed by atoms with Crippen LogP contribution in [0.15, 0.2) is 18.2 Å². The van der Waals surface area contributed by atoms with E-state index in [9.17, 15) is 9.18 Å².